The molecule has 0 fully saturated rings. The summed E-state index contributed by atoms with van der Waals surface area (Å²) in [5.74, 6) is -2.93. The fraction of sp³-hybridized carbons (Fsp3) is 0.250. The first-order valence-corrected chi connectivity index (χ1v) is 8.51. The molecule has 6 nitrogen and oxygen atoms in total. The van der Waals surface area contributed by atoms with E-state index in [-0.39, 0.29) is 24.2 Å². The summed E-state index contributed by atoms with van der Waals surface area (Å²) in [7, 11) is 0. The minimum absolute atomic E-state index is 0.112. The molecule has 0 atom stereocenters. The van der Waals surface area contributed by atoms with Crippen molar-refractivity contribution in [2.24, 2.45) is 0 Å². The SMILES string of the molecule is O=C(CCC(=O)c1ccc2c(c1)OCCO2)OCC(=O)c1ccc(F)c(F)c1. The maximum absolute atomic E-state index is 13.1. The second-order valence-electron chi connectivity index (χ2n) is 5.99. The van der Waals surface area contributed by atoms with E-state index in [1.807, 2.05) is 0 Å². The minimum atomic E-state index is -1.16. The number of hydrogen-bond acceptors (Lipinski definition) is 6. The van der Waals surface area contributed by atoms with Crippen LogP contribution in [0, 0.1) is 11.6 Å². The summed E-state index contributed by atoms with van der Waals surface area (Å²) in [6.45, 7) is 0.209. The fourth-order valence-corrected chi connectivity index (χ4v) is 2.55. The quantitative estimate of drug-likeness (QED) is 0.534. The number of hydrogen-bond donors (Lipinski definition) is 0. The molecule has 0 amide bonds. The van der Waals surface area contributed by atoms with E-state index in [1.54, 1.807) is 18.2 Å². The van der Waals surface area contributed by atoms with Gasteiger partial charge in [-0.3, -0.25) is 14.4 Å². The summed E-state index contributed by atoms with van der Waals surface area (Å²) in [6.07, 6.45) is -0.337. The zero-order valence-electron chi connectivity index (χ0n) is 14.7. The molecule has 0 aromatic heterocycles. The first kappa shape index (κ1) is 19.5. The number of benzene rings is 2. The van der Waals surface area contributed by atoms with Gasteiger partial charge >= 0.3 is 5.97 Å². The predicted molar refractivity (Wildman–Crippen MR) is 92.6 cm³/mol. The van der Waals surface area contributed by atoms with Gasteiger partial charge in [-0.2, -0.15) is 0 Å². The molecule has 3 rings (SSSR count). The second kappa shape index (κ2) is 8.60. The van der Waals surface area contributed by atoms with Crippen LogP contribution in [0.4, 0.5) is 8.78 Å². The number of Topliss-reactive ketones (excluding diaryl/α,β-unsaturated/α-hetero) is 2. The molecule has 1 heterocycles. The van der Waals surface area contributed by atoms with Crippen LogP contribution >= 0.6 is 0 Å². The number of rotatable bonds is 7. The van der Waals surface area contributed by atoms with Crippen molar-refractivity contribution in [2.75, 3.05) is 19.8 Å². The first-order valence-electron chi connectivity index (χ1n) is 8.51. The van der Waals surface area contributed by atoms with Gasteiger partial charge in [-0.15, -0.1) is 0 Å². The van der Waals surface area contributed by atoms with Gasteiger partial charge in [0.05, 0.1) is 6.42 Å². The summed E-state index contributed by atoms with van der Waals surface area (Å²) in [5.41, 5.74) is 0.258. The van der Waals surface area contributed by atoms with Crippen LogP contribution in [0.15, 0.2) is 36.4 Å². The van der Waals surface area contributed by atoms with Gasteiger partial charge < -0.3 is 14.2 Å². The Hall–Kier alpha value is -3.29. The highest BCUT2D eigenvalue weighted by molar-refractivity contribution is 5.99. The van der Waals surface area contributed by atoms with Crippen molar-refractivity contribution in [3.8, 4) is 11.5 Å². The van der Waals surface area contributed by atoms with E-state index < -0.39 is 30.0 Å². The zero-order chi connectivity index (χ0) is 20.1. The fourth-order valence-electron chi connectivity index (χ4n) is 2.55. The molecule has 1 aliphatic heterocycles. The number of carbonyl (C=O) groups excluding carboxylic acids is 3. The molecule has 8 heteroatoms. The highest BCUT2D eigenvalue weighted by Gasteiger charge is 2.17. The van der Waals surface area contributed by atoms with Crippen LogP contribution in [0.1, 0.15) is 33.6 Å². The molecule has 0 bridgehead atoms. The van der Waals surface area contributed by atoms with Crippen molar-refractivity contribution < 1.29 is 37.4 Å². The van der Waals surface area contributed by atoms with Gasteiger partial charge in [0.1, 0.15) is 13.2 Å². The van der Waals surface area contributed by atoms with Crippen LogP contribution in [-0.4, -0.2) is 37.4 Å². The summed E-state index contributed by atoms with van der Waals surface area (Å²) in [5, 5.41) is 0. The van der Waals surface area contributed by atoms with Crippen LogP contribution in [0.5, 0.6) is 11.5 Å². The number of ketones is 2. The molecule has 1 aliphatic rings. The van der Waals surface area contributed by atoms with Crippen molar-refractivity contribution in [1.29, 1.82) is 0 Å². The lowest BCUT2D eigenvalue weighted by Gasteiger charge is -2.18. The lowest BCUT2D eigenvalue weighted by Crippen LogP contribution is -2.16. The summed E-state index contributed by atoms with van der Waals surface area (Å²) in [4.78, 5) is 35.8. The van der Waals surface area contributed by atoms with Crippen molar-refractivity contribution in [3.05, 3.63) is 59.2 Å². The Labute approximate surface area is 159 Å². The highest BCUT2D eigenvalue weighted by Crippen LogP contribution is 2.31. The van der Waals surface area contributed by atoms with Crippen LogP contribution < -0.4 is 9.47 Å². The molecule has 2 aromatic rings. The maximum Gasteiger partial charge on any atom is 0.306 e. The first-order chi connectivity index (χ1) is 13.4. The Balaban J connectivity index is 1.48. The van der Waals surface area contributed by atoms with E-state index in [2.05, 4.69) is 0 Å². The largest absolute Gasteiger partial charge is 0.486 e. The molecule has 28 heavy (non-hydrogen) atoms. The molecule has 0 unspecified atom stereocenters. The van der Waals surface area contributed by atoms with Gasteiger partial charge in [0.25, 0.3) is 0 Å². The smallest absolute Gasteiger partial charge is 0.306 e. The Bertz CT molecular complexity index is 925. The summed E-state index contributed by atoms with van der Waals surface area (Å²) in [6, 6.07) is 7.40. The van der Waals surface area contributed by atoms with Gasteiger partial charge in [0.15, 0.2) is 41.3 Å². The van der Waals surface area contributed by atoms with Crippen LogP contribution in [-0.2, 0) is 9.53 Å². The summed E-state index contributed by atoms with van der Waals surface area (Å²) < 4.78 is 41.6. The summed E-state index contributed by atoms with van der Waals surface area (Å²) >= 11 is 0. The average molecular weight is 390 g/mol. The topological polar surface area (TPSA) is 78.9 Å². The number of fused-ring (bicyclic) bond motifs is 1. The van der Waals surface area contributed by atoms with E-state index in [1.165, 1.54) is 0 Å². The lowest BCUT2D eigenvalue weighted by atomic mass is 10.1. The predicted octanol–water partition coefficient (Wildman–Crippen LogP) is 3.13. The van der Waals surface area contributed by atoms with Crippen molar-refractivity contribution in [3.63, 3.8) is 0 Å². The molecule has 0 radical (unpaired) electrons. The monoisotopic (exact) mass is 390 g/mol. The van der Waals surface area contributed by atoms with Gasteiger partial charge in [0.2, 0.25) is 0 Å². The molecular weight excluding hydrogens is 374 g/mol. The van der Waals surface area contributed by atoms with E-state index in [4.69, 9.17) is 14.2 Å². The molecule has 0 saturated carbocycles. The lowest BCUT2D eigenvalue weighted by molar-refractivity contribution is -0.142. The number of halogens is 2. The van der Waals surface area contributed by atoms with Crippen LogP contribution in [0.2, 0.25) is 0 Å². The van der Waals surface area contributed by atoms with Crippen molar-refractivity contribution in [1.82, 2.24) is 0 Å². The average Bonchev–Trinajstić information content (AvgIpc) is 2.71. The minimum Gasteiger partial charge on any atom is -0.486 e. The second-order valence-corrected chi connectivity index (χ2v) is 5.99. The molecule has 0 aliphatic carbocycles. The molecule has 0 saturated heterocycles. The maximum atomic E-state index is 13.1. The molecule has 2 aromatic carbocycles. The Kier molecular flexibility index (Phi) is 5.98. The van der Waals surface area contributed by atoms with E-state index in [9.17, 15) is 23.2 Å². The molecule has 0 N–H and O–H groups in total. The Morgan fingerprint density at radius 1 is 0.821 bits per heavy atom. The van der Waals surface area contributed by atoms with Crippen molar-refractivity contribution >= 4 is 17.5 Å². The third-order valence-electron chi connectivity index (χ3n) is 4.03. The molecule has 0 spiro atoms. The third-order valence-corrected chi connectivity index (χ3v) is 4.03. The molecule has 146 valence electrons. The van der Waals surface area contributed by atoms with Crippen LogP contribution in [0.25, 0.3) is 0 Å². The highest BCUT2D eigenvalue weighted by atomic mass is 19.2. The number of ether oxygens (including phenoxy) is 3. The normalized spacial score (nSPS) is 12.4. The van der Waals surface area contributed by atoms with E-state index >= 15 is 0 Å². The number of esters is 1. The van der Waals surface area contributed by atoms with Gasteiger partial charge in [0, 0.05) is 17.5 Å². The number of carbonyl (C=O) groups is 3. The standard InChI is InChI=1S/C20H16F2O6/c21-14-3-1-12(9-15(14)22)17(24)11-28-20(25)6-4-16(23)13-2-5-18-19(10-13)27-8-7-26-18/h1-3,5,9-10H,4,6-8,11H2. The third kappa shape index (κ3) is 4.70. The Morgan fingerprint density at radius 2 is 1.50 bits per heavy atom. The van der Waals surface area contributed by atoms with E-state index in [0.717, 1.165) is 18.2 Å². The zero-order valence-corrected chi connectivity index (χ0v) is 14.7. The van der Waals surface area contributed by atoms with Crippen LogP contribution in [0.3, 0.4) is 0 Å². The molecular formula is C20H16F2O6. The van der Waals surface area contributed by atoms with Gasteiger partial charge in [-0.25, -0.2) is 8.78 Å². The van der Waals surface area contributed by atoms with Crippen molar-refractivity contribution in [2.45, 2.75) is 12.8 Å². The van der Waals surface area contributed by atoms with Gasteiger partial charge in [-0.05, 0) is 36.4 Å². The Morgan fingerprint density at radius 3 is 2.25 bits per heavy atom. The van der Waals surface area contributed by atoms with Gasteiger partial charge in [-0.1, -0.05) is 0 Å². The van der Waals surface area contributed by atoms with E-state index in [0.29, 0.717) is 30.3 Å².